The monoisotopic (exact) mass is 405 g/mol. The summed E-state index contributed by atoms with van der Waals surface area (Å²) < 4.78 is 23.8. The van der Waals surface area contributed by atoms with E-state index in [4.69, 9.17) is 18.9 Å². The van der Waals surface area contributed by atoms with Gasteiger partial charge in [-0.3, -0.25) is 5.32 Å². The van der Waals surface area contributed by atoms with Crippen LogP contribution in [0.25, 0.3) is 0 Å². The number of benzene rings is 3. The zero-order chi connectivity index (χ0) is 20.7. The van der Waals surface area contributed by atoms with E-state index in [2.05, 4.69) is 29.6 Å². The molecule has 5 heteroatoms. The highest BCUT2D eigenvalue weighted by Gasteiger charge is 2.40. The fraction of sp³-hybridized carbons (Fsp3) is 0.280. The molecule has 1 aliphatic heterocycles. The molecule has 1 heterocycles. The SMILES string of the molecule is COc1ccccc1OCCNC1COC(c2ccccc2)(c2ccccc2)CO1. The fourth-order valence-corrected chi connectivity index (χ4v) is 3.68. The molecule has 1 N–H and O–H groups in total. The van der Waals surface area contributed by atoms with E-state index in [0.717, 1.165) is 22.6 Å². The lowest BCUT2D eigenvalue weighted by molar-refractivity contribution is -0.185. The number of hydrogen-bond acceptors (Lipinski definition) is 5. The van der Waals surface area contributed by atoms with Gasteiger partial charge in [-0.2, -0.15) is 0 Å². The Morgan fingerprint density at radius 2 is 1.47 bits per heavy atom. The molecule has 5 nitrogen and oxygen atoms in total. The summed E-state index contributed by atoms with van der Waals surface area (Å²) in [6, 6.07) is 28.1. The van der Waals surface area contributed by atoms with Crippen LogP contribution in [-0.4, -0.2) is 39.7 Å². The van der Waals surface area contributed by atoms with Crippen molar-refractivity contribution in [2.24, 2.45) is 0 Å². The molecule has 0 saturated carbocycles. The first-order chi connectivity index (χ1) is 14.8. The van der Waals surface area contributed by atoms with Crippen LogP contribution in [0.3, 0.4) is 0 Å². The molecule has 1 atom stereocenters. The average Bonchev–Trinajstić information content (AvgIpc) is 2.83. The van der Waals surface area contributed by atoms with Crippen molar-refractivity contribution >= 4 is 0 Å². The van der Waals surface area contributed by atoms with Gasteiger partial charge in [0.25, 0.3) is 0 Å². The molecule has 156 valence electrons. The molecule has 1 saturated heterocycles. The first kappa shape index (κ1) is 20.4. The maximum Gasteiger partial charge on any atom is 0.161 e. The molecule has 4 rings (SSSR count). The van der Waals surface area contributed by atoms with Crippen LogP contribution >= 0.6 is 0 Å². The van der Waals surface area contributed by atoms with E-state index >= 15 is 0 Å². The molecular formula is C25H27NO4. The van der Waals surface area contributed by atoms with Crippen molar-refractivity contribution in [1.29, 1.82) is 0 Å². The smallest absolute Gasteiger partial charge is 0.161 e. The number of hydrogen-bond donors (Lipinski definition) is 1. The van der Waals surface area contributed by atoms with Gasteiger partial charge in [-0.25, -0.2) is 0 Å². The number of rotatable bonds is 8. The van der Waals surface area contributed by atoms with Crippen LogP contribution in [0.2, 0.25) is 0 Å². The summed E-state index contributed by atoms with van der Waals surface area (Å²) in [7, 11) is 1.64. The largest absolute Gasteiger partial charge is 0.493 e. The lowest BCUT2D eigenvalue weighted by Gasteiger charge is -2.41. The van der Waals surface area contributed by atoms with E-state index in [1.165, 1.54) is 0 Å². The third-order valence-electron chi connectivity index (χ3n) is 5.25. The summed E-state index contributed by atoms with van der Waals surface area (Å²) in [6.45, 7) is 2.02. The molecule has 0 radical (unpaired) electrons. The van der Waals surface area contributed by atoms with Gasteiger partial charge >= 0.3 is 0 Å². The van der Waals surface area contributed by atoms with Crippen LogP contribution in [0, 0.1) is 0 Å². The van der Waals surface area contributed by atoms with Gasteiger partial charge in [0.05, 0.1) is 20.3 Å². The van der Waals surface area contributed by atoms with Gasteiger partial charge < -0.3 is 18.9 Å². The van der Waals surface area contributed by atoms with Gasteiger partial charge in [0.2, 0.25) is 0 Å². The van der Waals surface area contributed by atoms with Gasteiger partial charge in [-0.1, -0.05) is 72.8 Å². The average molecular weight is 405 g/mol. The zero-order valence-electron chi connectivity index (χ0n) is 17.1. The molecule has 3 aromatic rings. The van der Waals surface area contributed by atoms with Gasteiger partial charge in [-0.05, 0) is 23.3 Å². The zero-order valence-corrected chi connectivity index (χ0v) is 17.1. The maximum absolute atomic E-state index is 6.45. The molecule has 0 bridgehead atoms. The Morgan fingerprint density at radius 1 is 0.867 bits per heavy atom. The first-order valence-corrected chi connectivity index (χ1v) is 10.2. The highest BCUT2D eigenvalue weighted by molar-refractivity contribution is 5.39. The summed E-state index contributed by atoms with van der Waals surface area (Å²) in [5.74, 6) is 1.46. The minimum absolute atomic E-state index is 0.188. The third kappa shape index (κ3) is 4.49. The third-order valence-corrected chi connectivity index (χ3v) is 5.25. The number of nitrogens with one attached hydrogen (secondary N) is 1. The predicted molar refractivity (Wildman–Crippen MR) is 116 cm³/mol. The first-order valence-electron chi connectivity index (χ1n) is 10.2. The van der Waals surface area contributed by atoms with Crippen molar-refractivity contribution in [2.45, 2.75) is 11.8 Å². The van der Waals surface area contributed by atoms with E-state index in [1.807, 2.05) is 60.7 Å². The van der Waals surface area contributed by atoms with Crippen molar-refractivity contribution < 1.29 is 18.9 Å². The lowest BCUT2D eigenvalue weighted by atomic mass is 9.86. The molecule has 1 unspecified atom stereocenters. The summed E-state index contributed by atoms with van der Waals surface area (Å²) in [6.07, 6.45) is -0.188. The molecule has 0 spiro atoms. The Kier molecular flexibility index (Phi) is 6.64. The van der Waals surface area contributed by atoms with E-state index in [1.54, 1.807) is 7.11 Å². The summed E-state index contributed by atoms with van der Waals surface area (Å²) in [5, 5.41) is 3.36. The van der Waals surface area contributed by atoms with Crippen LogP contribution < -0.4 is 14.8 Å². The quantitative estimate of drug-likeness (QED) is 0.575. The van der Waals surface area contributed by atoms with Crippen LogP contribution in [0.4, 0.5) is 0 Å². The molecule has 0 aliphatic carbocycles. The van der Waals surface area contributed by atoms with Gasteiger partial charge in [0.15, 0.2) is 11.5 Å². The molecule has 1 aliphatic rings. The van der Waals surface area contributed by atoms with Gasteiger partial charge in [0, 0.05) is 6.54 Å². The maximum atomic E-state index is 6.45. The van der Waals surface area contributed by atoms with E-state index < -0.39 is 5.60 Å². The van der Waals surface area contributed by atoms with Crippen LogP contribution in [0.1, 0.15) is 11.1 Å². The minimum atomic E-state index is -0.603. The van der Waals surface area contributed by atoms with Gasteiger partial charge in [-0.15, -0.1) is 0 Å². The number of para-hydroxylation sites is 2. The highest BCUT2D eigenvalue weighted by Crippen LogP contribution is 2.36. The van der Waals surface area contributed by atoms with Gasteiger partial charge in [0.1, 0.15) is 18.4 Å². The Morgan fingerprint density at radius 3 is 2.03 bits per heavy atom. The van der Waals surface area contributed by atoms with Crippen molar-refractivity contribution in [3.63, 3.8) is 0 Å². The summed E-state index contributed by atoms with van der Waals surface area (Å²) in [5.41, 5.74) is 1.58. The molecule has 30 heavy (non-hydrogen) atoms. The van der Waals surface area contributed by atoms with E-state index in [0.29, 0.717) is 26.4 Å². The molecule has 3 aromatic carbocycles. The second-order valence-electron chi connectivity index (χ2n) is 7.12. The predicted octanol–water partition coefficient (Wildman–Crippen LogP) is 3.98. The number of ether oxygens (including phenoxy) is 4. The van der Waals surface area contributed by atoms with E-state index in [9.17, 15) is 0 Å². The Bertz CT molecular complexity index is 867. The summed E-state index contributed by atoms with van der Waals surface area (Å²) >= 11 is 0. The highest BCUT2D eigenvalue weighted by atomic mass is 16.6. The van der Waals surface area contributed by atoms with Crippen molar-refractivity contribution in [3.8, 4) is 11.5 Å². The van der Waals surface area contributed by atoms with Crippen molar-refractivity contribution in [3.05, 3.63) is 96.1 Å². The Balaban J connectivity index is 1.35. The van der Waals surface area contributed by atoms with E-state index in [-0.39, 0.29) is 6.23 Å². The Labute approximate surface area is 177 Å². The standard InChI is InChI=1S/C25H27NO4/c1-27-22-14-8-9-15-23(22)28-17-16-26-24-18-30-25(19-29-24,20-10-4-2-5-11-20)21-12-6-3-7-13-21/h2-15,24,26H,16-19H2,1H3. The summed E-state index contributed by atoms with van der Waals surface area (Å²) in [4.78, 5) is 0. The second kappa shape index (κ2) is 9.76. The van der Waals surface area contributed by atoms with Crippen LogP contribution in [-0.2, 0) is 15.1 Å². The fourth-order valence-electron chi connectivity index (χ4n) is 3.68. The van der Waals surface area contributed by atoms with Crippen LogP contribution in [0.15, 0.2) is 84.9 Å². The number of methoxy groups -OCH3 is 1. The minimum Gasteiger partial charge on any atom is -0.493 e. The second-order valence-corrected chi connectivity index (χ2v) is 7.12. The molecular weight excluding hydrogens is 378 g/mol. The van der Waals surface area contributed by atoms with Crippen LogP contribution in [0.5, 0.6) is 11.5 Å². The Hall–Kier alpha value is -2.86. The normalized spacial score (nSPS) is 18.0. The molecule has 0 amide bonds. The molecule has 1 fully saturated rings. The topological polar surface area (TPSA) is 49.0 Å². The molecule has 0 aromatic heterocycles. The lowest BCUT2D eigenvalue weighted by Crippen LogP contribution is -2.50. The van der Waals surface area contributed by atoms with Crippen molar-refractivity contribution in [2.75, 3.05) is 33.5 Å². The van der Waals surface area contributed by atoms with Crippen molar-refractivity contribution in [1.82, 2.24) is 5.32 Å².